The van der Waals surface area contributed by atoms with Gasteiger partial charge in [0.2, 0.25) is 0 Å². The molecule has 1 rings (SSSR count). The molecule has 15 heavy (non-hydrogen) atoms. The van der Waals surface area contributed by atoms with E-state index in [0.717, 1.165) is 24.1 Å². The van der Waals surface area contributed by atoms with Gasteiger partial charge in [0.25, 0.3) is 0 Å². The van der Waals surface area contributed by atoms with E-state index in [2.05, 4.69) is 50.8 Å². The lowest BCUT2D eigenvalue weighted by atomic mass is 10.2. The molecule has 0 atom stereocenters. The Balaban J connectivity index is 2.23. The zero-order chi connectivity index (χ0) is 10.9. The third-order valence-corrected chi connectivity index (χ3v) is 2.52. The number of nitrogens with one attached hydrogen (secondary N) is 2. The summed E-state index contributed by atoms with van der Waals surface area (Å²) in [5, 5.41) is 6.40. The lowest BCUT2D eigenvalue weighted by Gasteiger charge is -1.99. The molecule has 0 fully saturated rings. The first-order valence-corrected chi connectivity index (χ1v) is 5.89. The van der Waals surface area contributed by atoms with Crippen molar-refractivity contribution in [3.05, 3.63) is 40.4 Å². The normalized spacial score (nSPS) is 11.1. The maximum absolute atomic E-state index is 3.41. The maximum atomic E-state index is 3.41. The van der Waals surface area contributed by atoms with Crippen LogP contribution in [0.5, 0.6) is 0 Å². The van der Waals surface area contributed by atoms with Crippen LogP contribution >= 0.6 is 15.9 Å². The Morgan fingerprint density at radius 1 is 1.20 bits per heavy atom. The fourth-order valence-corrected chi connectivity index (χ4v) is 1.43. The second kappa shape index (κ2) is 7.63. The molecule has 0 aliphatic carbocycles. The average Bonchev–Trinajstić information content (AvgIpc) is 2.26. The minimum Gasteiger partial charge on any atom is -0.318 e. The standard InChI is InChI=1S/C12H17BrN2/c1-14-9-10-15-8-2-3-11-4-6-12(13)7-5-11/h2-7,14-15H,8-10H2,1H3/b3-2+. The van der Waals surface area contributed by atoms with Crippen LogP contribution in [0, 0.1) is 0 Å². The van der Waals surface area contributed by atoms with Crippen LogP contribution in [0.4, 0.5) is 0 Å². The molecule has 0 aliphatic rings. The zero-order valence-corrected chi connectivity index (χ0v) is 10.5. The minimum atomic E-state index is 0.914. The Morgan fingerprint density at radius 2 is 1.93 bits per heavy atom. The lowest BCUT2D eigenvalue weighted by molar-refractivity contribution is 0.690. The van der Waals surface area contributed by atoms with Gasteiger partial charge in [-0.15, -0.1) is 0 Å². The molecule has 1 aromatic carbocycles. The highest BCUT2D eigenvalue weighted by Crippen LogP contribution is 2.11. The highest BCUT2D eigenvalue weighted by molar-refractivity contribution is 9.10. The first-order chi connectivity index (χ1) is 7.33. The van der Waals surface area contributed by atoms with Crippen LogP contribution in [0.1, 0.15) is 5.56 Å². The van der Waals surface area contributed by atoms with Crippen LogP contribution < -0.4 is 10.6 Å². The molecule has 0 bridgehead atoms. The molecule has 0 saturated heterocycles. The summed E-state index contributed by atoms with van der Waals surface area (Å²) in [6.45, 7) is 2.92. The summed E-state index contributed by atoms with van der Waals surface area (Å²) < 4.78 is 1.12. The molecule has 0 aromatic heterocycles. The molecule has 1 aromatic rings. The van der Waals surface area contributed by atoms with Crippen LogP contribution in [-0.2, 0) is 0 Å². The predicted octanol–water partition coefficient (Wildman–Crippen LogP) is 2.27. The van der Waals surface area contributed by atoms with Gasteiger partial charge in [0, 0.05) is 24.1 Å². The van der Waals surface area contributed by atoms with Gasteiger partial charge >= 0.3 is 0 Å². The molecule has 0 amide bonds. The van der Waals surface area contributed by atoms with Gasteiger partial charge in [-0.2, -0.15) is 0 Å². The average molecular weight is 269 g/mol. The van der Waals surface area contributed by atoms with Crippen LogP contribution in [0.25, 0.3) is 6.08 Å². The van der Waals surface area contributed by atoms with Gasteiger partial charge in [-0.05, 0) is 24.7 Å². The quantitative estimate of drug-likeness (QED) is 0.774. The monoisotopic (exact) mass is 268 g/mol. The second-order valence-electron chi connectivity index (χ2n) is 3.26. The van der Waals surface area contributed by atoms with Crippen molar-refractivity contribution in [2.75, 3.05) is 26.7 Å². The Bertz CT molecular complexity index is 293. The minimum absolute atomic E-state index is 0.914. The Labute approximate surface area is 99.9 Å². The van der Waals surface area contributed by atoms with Crippen LogP contribution in [-0.4, -0.2) is 26.7 Å². The number of rotatable bonds is 6. The van der Waals surface area contributed by atoms with Crippen molar-refractivity contribution in [3.63, 3.8) is 0 Å². The molecule has 2 N–H and O–H groups in total. The first kappa shape index (κ1) is 12.4. The fourth-order valence-electron chi connectivity index (χ4n) is 1.17. The molecule has 0 radical (unpaired) electrons. The van der Waals surface area contributed by atoms with Crippen molar-refractivity contribution < 1.29 is 0 Å². The zero-order valence-electron chi connectivity index (χ0n) is 8.96. The Kier molecular flexibility index (Phi) is 6.32. The van der Waals surface area contributed by atoms with Crippen LogP contribution in [0.2, 0.25) is 0 Å². The highest BCUT2D eigenvalue weighted by Gasteiger charge is 1.86. The molecule has 2 nitrogen and oxygen atoms in total. The number of hydrogen-bond acceptors (Lipinski definition) is 2. The predicted molar refractivity (Wildman–Crippen MR) is 70.0 cm³/mol. The van der Waals surface area contributed by atoms with Crippen LogP contribution in [0.15, 0.2) is 34.8 Å². The van der Waals surface area contributed by atoms with E-state index in [0.29, 0.717) is 0 Å². The van der Waals surface area contributed by atoms with Gasteiger partial charge in [-0.3, -0.25) is 0 Å². The summed E-state index contributed by atoms with van der Waals surface area (Å²) in [5.74, 6) is 0. The molecule has 0 spiro atoms. The lowest BCUT2D eigenvalue weighted by Crippen LogP contribution is -2.24. The molecular weight excluding hydrogens is 252 g/mol. The first-order valence-electron chi connectivity index (χ1n) is 5.10. The fraction of sp³-hybridized carbons (Fsp3) is 0.333. The van der Waals surface area contributed by atoms with Gasteiger partial charge in [0.05, 0.1) is 0 Å². The smallest absolute Gasteiger partial charge is 0.0175 e. The van der Waals surface area contributed by atoms with E-state index in [4.69, 9.17) is 0 Å². The number of hydrogen-bond donors (Lipinski definition) is 2. The van der Waals surface area contributed by atoms with Crippen molar-refractivity contribution in [2.24, 2.45) is 0 Å². The topological polar surface area (TPSA) is 24.1 Å². The highest BCUT2D eigenvalue weighted by atomic mass is 79.9. The SMILES string of the molecule is CNCCNC/C=C/c1ccc(Br)cc1. The van der Waals surface area contributed by atoms with Gasteiger partial charge in [0.15, 0.2) is 0 Å². The van der Waals surface area contributed by atoms with Gasteiger partial charge in [0.1, 0.15) is 0 Å². The number of benzene rings is 1. The Hall–Kier alpha value is -0.640. The van der Waals surface area contributed by atoms with E-state index in [1.165, 1.54) is 5.56 Å². The van der Waals surface area contributed by atoms with E-state index in [9.17, 15) is 0 Å². The van der Waals surface area contributed by atoms with Gasteiger partial charge < -0.3 is 10.6 Å². The third kappa shape index (κ3) is 5.72. The van der Waals surface area contributed by atoms with Gasteiger partial charge in [-0.1, -0.05) is 40.2 Å². The summed E-state index contributed by atoms with van der Waals surface area (Å²) in [7, 11) is 1.96. The van der Waals surface area contributed by atoms with E-state index in [-0.39, 0.29) is 0 Å². The van der Waals surface area contributed by atoms with E-state index in [1.807, 2.05) is 19.2 Å². The second-order valence-corrected chi connectivity index (χ2v) is 4.18. The largest absolute Gasteiger partial charge is 0.318 e. The molecule has 0 heterocycles. The molecule has 0 saturated carbocycles. The molecule has 3 heteroatoms. The summed E-state index contributed by atoms with van der Waals surface area (Å²) in [5.41, 5.74) is 1.23. The molecular formula is C12H17BrN2. The van der Waals surface area contributed by atoms with Crippen molar-refractivity contribution in [2.45, 2.75) is 0 Å². The van der Waals surface area contributed by atoms with E-state index in [1.54, 1.807) is 0 Å². The summed E-state index contributed by atoms with van der Waals surface area (Å²) in [4.78, 5) is 0. The number of likely N-dealkylation sites (N-methyl/N-ethyl adjacent to an activating group) is 1. The summed E-state index contributed by atoms with van der Waals surface area (Å²) in [6, 6.07) is 8.28. The number of halogens is 1. The van der Waals surface area contributed by atoms with Crippen molar-refractivity contribution in [1.29, 1.82) is 0 Å². The summed E-state index contributed by atoms with van der Waals surface area (Å²) >= 11 is 3.41. The van der Waals surface area contributed by atoms with Crippen LogP contribution in [0.3, 0.4) is 0 Å². The molecule has 0 aliphatic heterocycles. The van der Waals surface area contributed by atoms with E-state index < -0.39 is 0 Å². The maximum Gasteiger partial charge on any atom is 0.0175 e. The van der Waals surface area contributed by atoms with Crippen molar-refractivity contribution in [3.8, 4) is 0 Å². The van der Waals surface area contributed by atoms with Crippen molar-refractivity contribution >= 4 is 22.0 Å². The van der Waals surface area contributed by atoms with Crippen molar-refractivity contribution in [1.82, 2.24) is 10.6 Å². The summed E-state index contributed by atoms with van der Waals surface area (Å²) in [6.07, 6.45) is 4.26. The van der Waals surface area contributed by atoms with E-state index >= 15 is 0 Å². The molecule has 82 valence electrons. The molecule has 0 unspecified atom stereocenters. The Morgan fingerprint density at radius 3 is 2.60 bits per heavy atom. The third-order valence-electron chi connectivity index (χ3n) is 1.99. The van der Waals surface area contributed by atoms with Gasteiger partial charge in [-0.25, -0.2) is 0 Å².